The fraction of sp³-hybridized carbons (Fsp3) is 0.0513. The molecule has 5 nitrogen and oxygen atoms in total. The van der Waals surface area contributed by atoms with Crippen LogP contribution in [0.4, 0.5) is 45.5 Å². The molecule has 12 aromatic rings. The van der Waals surface area contributed by atoms with E-state index in [1.807, 2.05) is 0 Å². The molecule has 0 radical (unpaired) electrons. The normalized spacial score (nSPS) is 14.2. The van der Waals surface area contributed by atoms with Gasteiger partial charge in [-0.3, -0.25) is 0 Å². The first-order valence-electron chi connectivity index (χ1n) is 29.0. The quantitative estimate of drug-likeness (QED) is 0.172. The molecule has 21 rings (SSSR count). The number of ether oxygens (including phenoxy) is 1. The SMILES string of the molecule is c1ccc(-c2ccc3c(c2)N2[C]4=[Pt]=[C]5N(c6cccc(c6)Oc6cccc(c6)N43)c3ccc(-c4ccccc4)cc3N5c3c4cccc3-c3ccc(cc3)CCc3ccc(cc3)-c3cccc(c32)-c2ccc(cc2)CCc2ccc-4cc2)cc1. The molecule has 402 valence electrons. The van der Waals surface area contributed by atoms with Crippen LogP contribution < -0.4 is 24.3 Å². The van der Waals surface area contributed by atoms with Gasteiger partial charge in [-0.25, -0.2) is 0 Å². The number of hydrogen-bond donors (Lipinski definition) is 0. The van der Waals surface area contributed by atoms with E-state index < -0.39 is 17.6 Å². The second kappa shape index (κ2) is 19.9. The van der Waals surface area contributed by atoms with Crippen LogP contribution in [0.1, 0.15) is 22.3 Å². The van der Waals surface area contributed by atoms with Crippen LogP contribution in [0.2, 0.25) is 0 Å². The van der Waals surface area contributed by atoms with Crippen molar-refractivity contribution in [2.24, 2.45) is 0 Å². The second-order valence-corrected chi connectivity index (χ2v) is 24.9. The van der Waals surface area contributed by atoms with Crippen molar-refractivity contribution in [2.45, 2.75) is 25.7 Å². The van der Waals surface area contributed by atoms with Crippen LogP contribution >= 0.6 is 0 Å². The molecule has 9 aliphatic rings. The molecule has 12 aromatic carbocycles. The van der Waals surface area contributed by atoms with E-state index in [1.165, 1.54) is 86.2 Å². The Labute approximate surface area is 497 Å². The van der Waals surface area contributed by atoms with Gasteiger partial charge >= 0.3 is 501 Å². The van der Waals surface area contributed by atoms with Gasteiger partial charge in [0, 0.05) is 0 Å². The van der Waals surface area contributed by atoms with Crippen molar-refractivity contribution in [1.82, 2.24) is 0 Å². The molecule has 0 saturated heterocycles. The van der Waals surface area contributed by atoms with Crippen molar-refractivity contribution < 1.29 is 22.4 Å². The van der Waals surface area contributed by atoms with Crippen LogP contribution in [0, 0.1) is 0 Å². The van der Waals surface area contributed by atoms with E-state index in [4.69, 9.17) is 4.74 Å². The molecule has 0 N–H and O–H groups in total. The number of fused-ring (bicyclic) bond motifs is 14. The average molecular weight is 1260 g/mol. The van der Waals surface area contributed by atoms with E-state index in [9.17, 15) is 0 Å². The summed E-state index contributed by atoms with van der Waals surface area (Å²) < 4.78 is 9.43. The third kappa shape index (κ3) is 8.25. The Bertz CT molecular complexity index is 4240. The number of para-hydroxylation sites is 2. The average Bonchev–Trinajstić information content (AvgIpc) is 2.52. The summed E-state index contributed by atoms with van der Waals surface area (Å²) in [6.45, 7) is 0. The second-order valence-electron chi connectivity index (χ2n) is 22.3. The zero-order chi connectivity index (χ0) is 55.2. The van der Waals surface area contributed by atoms with Gasteiger partial charge in [-0.1, -0.05) is 0 Å². The van der Waals surface area contributed by atoms with Crippen LogP contribution in [0.25, 0.3) is 66.8 Å². The van der Waals surface area contributed by atoms with E-state index in [0.29, 0.717) is 0 Å². The molecular formula is C78H54N4OPt. The van der Waals surface area contributed by atoms with Crippen LogP contribution in [0.15, 0.2) is 279 Å². The Hall–Kier alpha value is -9.93. The Morgan fingerprint density at radius 1 is 0.250 bits per heavy atom. The van der Waals surface area contributed by atoms with Crippen LogP contribution in [0.3, 0.4) is 0 Å². The third-order valence-electron chi connectivity index (χ3n) is 17.3. The van der Waals surface area contributed by atoms with E-state index >= 15 is 0 Å². The van der Waals surface area contributed by atoms with Gasteiger partial charge in [-0.2, -0.15) is 0 Å². The molecule has 0 unspecified atom stereocenters. The van der Waals surface area contributed by atoms with Gasteiger partial charge in [0.25, 0.3) is 0 Å². The van der Waals surface area contributed by atoms with E-state index in [0.717, 1.165) is 93.8 Å². The Morgan fingerprint density at radius 2 is 0.583 bits per heavy atom. The summed E-state index contributed by atoms with van der Waals surface area (Å²) in [5.41, 5.74) is 28.1. The number of benzene rings is 12. The predicted molar refractivity (Wildman–Crippen MR) is 345 cm³/mol. The topological polar surface area (TPSA) is 22.2 Å². The number of anilines is 8. The molecule has 0 fully saturated rings. The van der Waals surface area contributed by atoms with E-state index in [2.05, 4.69) is 299 Å². The molecule has 16 bridgehead atoms. The molecule has 0 saturated carbocycles. The van der Waals surface area contributed by atoms with Gasteiger partial charge in [0.1, 0.15) is 0 Å². The fourth-order valence-corrected chi connectivity index (χ4v) is 16.7. The molecule has 9 aliphatic heterocycles. The van der Waals surface area contributed by atoms with E-state index in [-0.39, 0.29) is 0 Å². The Morgan fingerprint density at radius 3 is 0.940 bits per heavy atom. The van der Waals surface area contributed by atoms with Crippen molar-refractivity contribution in [3.8, 4) is 78.3 Å². The number of hydrogen-bond acceptors (Lipinski definition) is 5. The Kier molecular flexibility index (Phi) is 11.6. The van der Waals surface area contributed by atoms with Crippen molar-refractivity contribution >= 4 is 53.8 Å². The zero-order valence-corrected chi connectivity index (χ0v) is 48.2. The van der Waals surface area contributed by atoms with Crippen LogP contribution in [-0.2, 0) is 43.3 Å². The molecule has 0 amide bonds. The van der Waals surface area contributed by atoms with Gasteiger partial charge in [0.2, 0.25) is 0 Å². The van der Waals surface area contributed by atoms with Gasteiger partial charge in [-0.15, -0.1) is 0 Å². The van der Waals surface area contributed by atoms with Crippen molar-refractivity contribution in [1.29, 1.82) is 0 Å². The van der Waals surface area contributed by atoms with Crippen LogP contribution in [0.5, 0.6) is 11.5 Å². The maximum absolute atomic E-state index is 7.05. The minimum absolute atomic E-state index is 0.774. The molecule has 84 heavy (non-hydrogen) atoms. The molecule has 6 heteroatoms. The first kappa shape index (κ1) is 48.7. The molecule has 0 spiro atoms. The first-order valence-corrected chi connectivity index (χ1v) is 31.3. The van der Waals surface area contributed by atoms with E-state index in [1.54, 1.807) is 0 Å². The summed E-state index contributed by atoms with van der Waals surface area (Å²) in [6, 6.07) is 105. The first-order chi connectivity index (χ1) is 41.6. The van der Waals surface area contributed by atoms with Gasteiger partial charge in [0.15, 0.2) is 0 Å². The minimum atomic E-state index is -1.32. The molecule has 0 atom stereocenters. The summed E-state index contributed by atoms with van der Waals surface area (Å²) >= 11 is -1.32. The van der Waals surface area contributed by atoms with Gasteiger partial charge in [0.05, 0.1) is 0 Å². The third-order valence-corrected chi connectivity index (χ3v) is 20.4. The molecule has 9 heterocycles. The molecule has 0 aliphatic carbocycles. The maximum atomic E-state index is 7.05. The molecular weight excluding hydrogens is 1200 g/mol. The standard InChI is InChI=1S/C78H54N4O.Pt/c1-3-11-57(12-4-1)63-43-45-73-75(47-63)81-51-79(73)65-15-7-17-67(49-65)83-68-18-8-16-66(50-68)80-52-82(76-48-64(44-46-74(76)80)58-13-5-2-6-14-58)78-71-21-10-22-72(78)62-41-33-56(34-42-62)26-24-54-29-37-60(38-30-54)70-20-9-19-69(77(70)81)59-35-27-53(28-36-59)23-25-55-31-39-61(71)40-32-55;/h1-22,27-50H,23-26H2;. The summed E-state index contributed by atoms with van der Waals surface area (Å²) in [4.78, 5) is 10.5. The van der Waals surface area contributed by atoms with Crippen molar-refractivity contribution in [2.75, 3.05) is 19.6 Å². The van der Waals surface area contributed by atoms with Crippen molar-refractivity contribution in [3.05, 3.63) is 301 Å². The predicted octanol–water partition coefficient (Wildman–Crippen LogP) is 19.5. The van der Waals surface area contributed by atoms with Crippen molar-refractivity contribution in [3.63, 3.8) is 0 Å². The van der Waals surface area contributed by atoms with Crippen LogP contribution in [-0.4, -0.2) is 8.29 Å². The zero-order valence-electron chi connectivity index (χ0n) is 45.9. The number of rotatable bonds is 2. The summed E-state index contributed by atoms with van der Waals surface area (Å²) in [5, 5.41) is 0. The summed E-state index contributed by atoms with van der Waals surface area (Å²) in [5.74, 6) is 1.55. The molecule has 0 aromatic heterocycles. The van der Waals surface area contributed by atoms with Gasteiger partial charge < -0.3 is 0 Å². The fourth-order valence-electron chi connectivity index (χ4n) is 13.1. The Balaban J connectivity index is 1.10. The number of aryl methyl sites for hydroxylation is 4. The number of nitrogens with zero attached hydrogens (tertiary/aromatic N) is 4. The monoisotopic (exact) mass is 1260 g/mol. The summed E-state index contributed by atoms with van der Waals surface area (Å²) in [7, 11) is 0. The van der Waals surface area contributed by atoms with Gasteiger partial charge in [-0.05, 0) is 0 Å². The summed E-state index contributed by atoms with van der Waals surface area (Å²) in [6.07, 6.45) is 3.73.